The van der Waals surface area contributed by atoms with Gasteiger partial charge in [-0.25, -0.2) is 14.0 Å². The Morgan fingerprint density at radius 2 is 1.92 bits per heavy atom. The largest absolute Gasteiger partial charge is 0.446 e. The third kappa shape index (κ3) is 5.78. The van der Waals surface area contributed by atoms with Gasteiger partial charge in [0.1, 0.15) is 11.9 Å². The van der Waals surface area contributed by atoms with Crippen molar-refractivity contribution in [1.29, 1.82) is 0 Å². The molecule has 1 saturated carbocycles. The third-order valence-electron chi connectivity index (χ3n) is 6.78. The number of fused-ring (bicyclic) bond motifs is 1. The molecule has 2 aromatic carbocycles. The van der Waals surface area contributed by atoms with E-state index in [1.54, 1.807) is 23.1 Å². The second kappa shape index (κ2) is 10.7. The van der Waals surface area contributed by atoms with Gasteiger partial charge in [-0.2, -0.15) is 5.21 Å². The first-order chi connectivity index (χ1) is 17.5. The smallest absolute Gasteiger partial charge is 0.410 e. The van der Waals surface area contributed by atoms with Crippen molar-refractivity contribution in [2.45, 2.75) is 51.2 Å². The van der Waals surface area contributed by atoms with E-state index in [4.69, 9.17) is 4.74 Å². The van der Waals surface area contributed by atoms with Crippen LogP contribution >= 0.6 is 0 Å². The van der Waals surface area contributed by atoms with Gasteiger partial charge < -0.3 is 20.3 Å². The van der Waals surface area contributed by atoms with E-state index in [1.165, 1.54) is 12.1 Å². The van der Waals surface area contributed by atoms with Crippen LogP contribution < -0.4 is 10.6 Å². The molecule has 2 heterocycles. The number of aromatic amines is 1. The monoisotopic (exact) mass is 493 g/mol. The lowest BCUT2D eigenvalue weighted by atomic mass is 9.85. The van der Waals surface area contributed by atoms with Gasteiger partial charge in [0.2, 0.25) is 0 Å². The number of para-hydroxylation sites is 1. The van der Waals surface area contributed by atoms with Crippen LogP contribution in [0.4, 0.5) is 25.4 Å². The Morgan fingerprint density at radius 1 is 1.08 bits per heavy atom. The molecule has 36 heavy (non-hydrogen) atoms. The number of hydrogen-bond acceptors (Lipinski definition) is 6. The number of carbonyl (C=O) groups excluding carboxylic acids is 2. The number of tetrazole rings is 1. The molecule has 0 unspecified atom stereocenters. The number of ether oxygens (including phenoxy) is 1. The molecule has 0 spiro atoms. The summed E-state index contributed by atoms with van der Waals surface area (Å²) in [5.74, 6) is 0.712. The minimum atomic E-state index is -0.520. The number of aromatic nitrogens is 4. The molecule has 0 atom stereocenters. The van der Waals surface area contributed by atoms with Crippen LogP contribution in [0.2, 0.25) is 0 Å². The van der Waals surface area contributed by atoms with Crippen LogP contribution in [0.25, 0.3) is 0 Å². The summed E-state index contributed by atoms with van der Waals surface area (Å²) in [5, 5.41) is 19.4. The fraction of sp³-hybridized carbons (Fsp3) is 0.400. The highest BCUT2D eigenvalue weighted by Crippen LogP contribution is 2.29. The van der Waals surface area contributed by atoms with E-state index >= 15 is 0 Å². The van der Waals surface area contributed by atoms with Crippen molar-refractivity contribution in [1.82, 2.24) is 25.5 Å². The lowest BCUT2D eigenvalue weighted by Crippen LogP contribution is -2.39. The zero-order valence-corrected chi connectivity index (χ0v) is 19.7. The molecular formula is C25H28FN7O3. The maximum absolute atomic E-state index is 13.8. The van der Waals surface area contributed by atoms with Crippen LogP contribution in [0.15, 0.2) is 42.5 Å². The molecule has 3 amide bonds. The number of H-pyrrole nitrogens is 1. The molecule has 1 fully saturated rings. The van der Waals surface area contributed by atoms with Gasteiger partial charge in [-0.1, -0.05) is 23.4 Å². The van der Waals surface area contributed by atoms with Crippen LogP contribution in [0.3, 0.4) is 0 Å². The number of amides is 3. The number of hydrogen-bond donors (Lipinski definition) is 3. The molecule has 1 aliphatic heterocycles. The summed E-state index contributed by atoms with van der Waals surface area (Å²) in [6.07, 6.45) is 4.71. The van der Waals surface area contributed by atoms with Crippen LogP contribution in [-0.4, -0.2) is 50.3 Å². The van der Waals surface area contributed by atoms with E-state index in [0.717, 1.165) is 49.1 Å². The maximum Gasteiger partial charge on any atom is 0.410 e. The number of nitrogens with one attached hydrogen (secondary N) is 3. The van der Waals surface area contributed by atoms with E-state index in [9.17, 15) is 14.0 Å². The molecule has 10 nitrogen and oxygen atoms in total. The molecule has 1 aromatic heterocycles. The van der Waals surface area contributed by atoms with Crippen LogP contribution in [0.5, 0.6) is 0 Å². The molecule has 5 rings (SSSR count). The first-order valence-corrected chi connectivity index (χ1v) is 12.2. The average molecular weight is 494 g/mol. The second-order valence-electron chi connectivity index (χ2n) is 9.27. The van der Waals surface area contributed by atoms with Crippen molar-refractivity contribution in [3.63, 3.8) is 0 Å². The zero-order chi connectivity index (χ0) is 24.9. The summed E-state index contributed by atoms with van der Waals surface area (Å²) in [6.45, 7) is 1.01. The summed E-state index contributed by atoms with van der Waals surface area (Å²) >= 11 is 0. The van der Waals surface area contributed by atoms with Crippen molar-refractivity contribution in [2.24, 2.45) is 5.92 Å². The van der Waals surface area contributed by atoms with Crippen molar-refractivity contribution in [3.05, 3.63) is 65.2 Å². The van der Waals surface area contributed by atoms with Gasteiger partial charge in [-0.05, 0) is 73.4 Å². The maximum atomic E-state index is 13.8. The highest BCUT2D eigenvalue weighted by atomic mass is 19.1. The molecule has 1 aliphatic carbocycles. The molecular weight excluding hydrogens is 465 g/mol. The third-order valence-corrected chi connectivity index (χ3v) is 6.78. The summed E-state index contributed by atoms with van der Waals surface area (Å²) in [6, 6.07) is 11.0. The van der Waals surface area contributed by atoms with E-state index in [1.807, 2.05) is 12.1 Å². The normalized spacial score (nSPS) is 19.3. The summed E-state index contributed by atoms with van der Waals surface area (Å²) in [7, 11) is 0. The van der Waals surface area contributed by atoms with Gasteiger partial charge in [0.15, 0.2) is 5.82 Å². The van der Waals surface area contributed by atoms with E-state index in [0.29, 0.717) is 31.1 Å². The number of carbonyl (C=O) groups is 2. The van der Waals surface area contributed by atoms with Crippen molar-refractivity contribution in [2.75, 3.05) is 17.2 Å². The Morgan fingerprint density at radius 3 is 2.69 bits per heavy atom. The van der Waals surface area contributed by atoms with Gasteiger partial charge in [-0.3, -0.25) is 0 Å². The summed E-state index contributed by atoms with van der Waals surface area (Å²) in [4.78, 5) is 26.8. The minimum absolute atomic E-state index is 0.0695. The highest BCUT2D eigenvalue weighted by molar-refractivity contribution is 5.99. The van der Waals surface area contributed by atoms with Gasteiger partial charge in [0.25, 0.3) is 0 Å². The van der Waals surface area contributed by atoms with E-state index < -0.39 is 11.8 Å². The number of rotatable bonds is 5. The van der Waals surface area contributed by atoms with Crippen LogP contribution in [0.1, 0.15) is 42.6 Å². The Balaban J connectivity index is 1.10. The van der Waals surface area contributed by atoms with Gasteiger partial charge in [0, 0.05) is 25.2 Å². The molecule has 3 aromatic rings. The zero-order valence-electron chi connectivity index (χ0n) is 19.7. The van der Waals surface area contributed by atoms with Crippen LogP contribution in [0, 0.1) is 11.7 Å². The van der Waals surface area contributed by atoms with Gasteiger partial charge in [0.05, 0.1) is 5.69 Å². The summed E-state index contributed by atoms with van der Waals surface area (Å²) < 4.78 is 19.6. The fourth-order valence-electron chi connectivity index (χ4n) is 4.83. The SMILES string of the molecule is O=C(Nc1ccc2c(c1)CCN(C(=O)OC1CCC(Cc3nn[nH]n3)CC1)C2)Nc1ccccc1F. The summed E-state index contributed by atoms with van der Waals surface area (Å²) in [5.41, 5.74) is 2.80. The molecule has 2 aliphatic rings. The molecule has 0 radical (unpaired) electrons. The first-order valence-electron chi connectivity index (χ1n) is 12.2. The number of urea groups is 1. The number of halogens is 1. The van der Waals surface area contributed by atoms with E-state index in [2.05, 4.69) is 31.3 Å². The van der Waals surface area contributed by atoms with Gasteiger partial charge >= 0.3 is 12.1 Å². The molecule has 0 bridgehead atoms. The second-order valence-corrected chi connectivity index (χ2v) is 9.27. The first kappa shape index (κ1) is 23.7. The quantitative estimate of drug-likeness (QED) is 0.487. The topological polar surface area (TPSA) is 125 Å². The lowest BCUT2D eigenvalue weighted by molar-refractivity contribution is 0.0350. The number of nitrogens with zero attached hydrogens (tertiary/aromatic N) is 4. The lowest BCUT2D eigenvalue weighted by Gasteiger charge is -2.32. The van der Waals surface area contributed by atoms with Gasteiger partial charge in [-0.15, -0.1) is 10.2 Å². The average Bonchev–Trinajstić information content (AvgIpc) is 3.39. The predicted molar refractivity (Wildman–Crippen MR) is 130 cm³/mol. The van der Waals surface area contributed by atoms with Crippen molar-refractivity contribution in [3.8, 4) is 0 Å². The Hall–Kier alpha value is -4.02. The number of benzene rings is 2. The Bertz CT molecular complexity index is 1210. The molecule has 0 saturated heterocycles. The Kier molecular flexibility index (Phi) is 7.06. The fourth-order valence-corrected chi connectivity index (χ4v) is 4.83. The van der Waals surface area contributed by atoms with Crippen molar-refractivity contribution < 1.29 is 18.7 Å². The van der Waals surface area contributed by atoms with Crippen LogP contribution in [-0.2, 0) is 24.1 Å². The Labute approximate surface area is 207 Å². The standard InChI is InChI=1S/C25H28FN7O3/c26-21-3-1-2-4-22(21)28-24(34)27-19-8-7-18-15-33(12-11-17(18)14-19)25(35)36-20-9-5-16(6-10-20)13-23-29-31-32-30-23/h1-4,7-8,14,16,20H,5-6,9-13,15H2,(H2,27,28,34)(H,29,30,31,32). The molecule has 11 heteroatoms. The highest BCUT2D eigenvalue weighted by Gasteiger charge is 2.28. The number of anilines is 2. The van der Waals surface area contributed by atoms with E-state index in [-0.39, 0.29) is 17.9 Å². The van der Waals surface area contributed by atoms with Crippen molar-refractivity contribution >= 4 is 23.5 Å². The molecule has 188 valence electrons. The minimum Gasteiger partial charge on any atom is -0.446 e. The molecule has 3 N–H and O–H groups in total. The predicted octanol–water partition coefficient (Wildman–Crippen LogP) is 4.28.